The number of nitrogens with zero attached hydrogens (tertiary/aromatic N) is 4. The van der Waals surface area contributed by atoms with Crippen molar-refractivity contribution in [2.75, 3.05) is 19.6 Å². The van der Waals surface area contributed by atoms with Gasteiger partial charge in [0.2, 0.25) is 0 Å². The van der Waals surface area contributed by atoms with Crippen molar-refractivity contribution in [3.05, 3.63) is 10.0 Å². The summed E-state index contributed by atoms with van der Waals surface area (Å²) in [5.41, 5.74) is 0. The van der Waals surface area contributed by atoms with Gasteiger partial charge < -0.3 is 10.2 Å². The van der Waals surface area contributed by atoms with E-state index >= 15 is 0 Å². The second kappa shape index (κ2) is 6.43. The topological polar surface area (TPSA) is 125 Å². The first-order valence-corrected chi connectivity index (χ1v) is 10.4. The fraction of sp³-hybridized carbons (Fsp3) is 0.769. The molecule has 2 atom stereocenters. The number of amides is 2. The van der Waals surface area contributed by atoms with E-state index in [9.17, 15) is 13.2 Å². The van der Waals surface area contributed by atoms with Crippen LogP contribution < -0.4 is 5.32 Å². The van der Waals surface area contributed by atoms with Gasteiger partial charge in [0.25, 0.3) is 0 Å². The number of carbonyl (C=O) groups is 1. The van der Waals surface area contributed by atoms with Crippen LogP contribution in [0, 0.1) is 0 Å². The summed E-state index contributed by atoms with van der Waals surface area (Å²) < 4.78 is 35.2. The van der Waals surface area contributed by atoms with Gasteiger partial charge in [0, 0.05) is 12.5 Å². The molecule has 12 heteroatoms. The molecule has 0 aliphatic carbocycles. The average molecular weight is 389 g/mol. The van der Waals surface area contributed by atoms with Crippen molar-refractivity contribution in [3.63, 3.8) is 0 Å². The highest BCUT2D eigenvalue weighted by atomic mass is 32.3. The number of hydroxylamine groups is 2. The summed E-state index contributed by atoms with van der Waals surface area (Å²) in [5, 5.41) is 14.5. The van der Waals surface area contributed by atoms with E-state index in [1.807, 2.05) is 0 Å². The van der Waals surface area contributed by atoms with Crippen LogP contribution in [0.4, 0.5) is 4.79 Å². The number of aromatic nitrogens is 2. The van der Waals surface area contributed by atoms with Gasteiger partial charge >= 0.3 is 16.4 Å². The summed E-state index contributed by atoms with van der Waals surface area (Å²) in [6, 6.07) is -1.18. The molecule has 0 aromatic carbocycles. The van der Waals surface area contributed by atoms with Crippen LogP contribution in [0.1, 0.15) is 47.7 Å². The molecule has 0 spiro atoms. The molecule has 3 aliphatic heterocycles. The number of hydrogen-bond donors (Lipinski definition) is 2. The number of carbonyl (C=O) groups excluding carboxylic acids is 1. The molecule has 2 unspecified atom stereocenters. The summed E-state index contributed by atoms with van der Waals surface area (Å²) in [5.74, 6) is 0.400. The summed E-state index contributed by atoms with van der Waals surface area (Å²) >= 11 is 1.53. The van der Waals surface area contributed by atoms with Crippen molar-refractivity contribution in [2.24, 2.45) is 0 Å². The van der Waals surface area contributed by atoms with Gasteiger partial charge in [-0.25, -0.2) is 4.79 Å². The monoisotopic (exact) mass is 389 g/mol. The fourth-order valence-electron chi connectivity index (χ4n) is 3.70. The molecular formula is C13H19N5O5S2. The molecule has 2 amide bonds. The van der Waals surface area contributed by atoms with E-state index in [-0.39, 0.29) is 12.1 Å². The Labute approximate surface area is 149 Å². The lowest BCUT2D eigenvalue weighted by molar-refractivity contribution is -0.0317. The molecule has 138 valence electrons. The predicted molar refractivity (Wildman–Crippen MR) is 87.1 cm³/mol. The lowest BCUT2D eigenvalue weighted by Crippen LogP contribution is -2.35. The zero-order valence-corrected chi connectivity index (χ0v) is 15.0. The highest BCUT2D eigenvalue weighted by Crippen LogP contribution is 2.40. The number of hydrogen-bond acceptors (Lipinski definition) is 8. The van der Waals surface area contributed by atoms with E-state index in [1.165, 1.54) is 11.3 Å². The maximum absolute atomic E-state index is 12.5. The number of rotatable bonds is 4. The van der Waals surface area contributed by atoms with Crippen LogP contribution in [0.5, 0.6) is 0 Å². The summed E-state index contributed by atoms with van der Waals surface area (Å²) in [6.45, 7) is 2.29. The number of piperidine rings is 2. The smallest absolute Gasteiger partial charge is 0.317 e. The number of nitrogens with one attached hydrogen (secondary N) is 1. The van der Waals surface area contributed by atoms with Gasteiger partial charge in [-0.05, 0) is 38.8 Å². The summed E-state index contributed by atoms with van der Waals surface area (Å²) in [6.07, 6.45) is 3.28. The average Bonchev–Trinajstić information content (AvgIpc) is 3.16. The molecule has 10 nitrogen and oxygen atoms in total. The Balaban J connectivity index is 1.51. The molecule has 3 aliphatic rings. The van der Waals surface area contributed by atoms with Crippen molar-refractivity contribution < 1.29 is 22.0 Å². The maximum atomic E-state index is 12.5. The molecule has 4 heterocycles. The van der Waals surface area contributed by atoms with Gasteiger partial charge in [-0.1, -0.05) is 11.3 Å². The third-order valence-corrected chi connectivity index (χ3v) is 6.46. The molecular weight excluding hydrogens is 370 g/mol. The van der Waals surface area contributed by atoms with E-state index in [1.54, 1.807) is 4.90 Å². The maximum Gasteiger partial charge on any atom is 0.418 e. The van der Waals surface area contributed by atoms with Crippen molar-refractivity contribution in [1.82, 2.24) is 25.5 Å². The minimum atomic E-state index is -4.72. The van der Waals surface area contributed by atoms with E-state index in [0.717, 1.165) is 41.0 Å². The van der Waals surface area contributed by atoms with Gasteiger partial charge in [0.05, 0.1) is 12.1 Å². The first-order valence-electron chi connectivity index (χ1n) is 8.23. The largest absolute Gasteiger partial charge is 0.418 e. The highest BCUT2D eigenvalue weighted by Gasteiger charge is 2.48. The van der Waals surface area contributed by atoms with Crippen molar-refractivity contribution in [1.29, 1.82) is 0 Å². The first-order chi connectivity index (χ1) is 11.9. The molecule has 4 rings (SSSR count). The normalized spacial score (nSPS) is 28.0. The Kier molecular flexibility index (Phi) is 4.40. The molecule has 1 aromatic rings. The van der Waals surface area contributed by atoms with E-state index in [0.29, 0.717) is 25.3 Å². The second-order valence-electron chi connectivity index (χ2n) is 6.51. The van der Waals surface area contributed by atoms with E-state index in [4.69, 9.17) is 4.55 Å². The summed E-state index contributed by atoms with van der Waals surface area (Å²) in [4.78, 5) is 14.0. The number of urea groups is 1. The molecule has 3 fully saturated rings. The Bertz CT molecular complexity index is 763. The van der Waals surface area contributed by atoms with Crippen LogP contribution in [0.25, 0.3) is 0 Å². The Morgan fingerprint density at radius 1 is 1.16 bits per heavy atom. The van der Waals surface area contributed by atoms with Gasteiger partial charge in [-0.3, -0.25) is 4.55 Å². The fourth-order valence-corrected chi connectivity index (χ4v) is 5.25. The highest BCUT2D eigenvalue weighted by molar-refractivity contribution is 7.80. The van der Waals surface area contributed by atoms with Crippen LogP contribution in [0.3, 0.4) is 0 Å². The summed E-state index contributed by atoms with van der Waals surface area (Å²) in [7, 11) is -4.72. The van der Waals surface area contributed by atoms with E-state index < -0.39 is 16.4 Å². The Morgan fingerprint density at radius 3 is 2.60 bits per heavy atom. The Morgan fingerprint density at radius 2 is 1.88 bits per heavy atom. The van der Waals surface area contributed by atoms with Crippen LogP contribution >= 0.6 is 11.3 Å². The lowest BCUT2D eigenvalue weighted by atomic mass is 9.99. The SMILES string of the molecule is O=C1N2CC(CCC2c2nnc(C3CCNCC3)s2)N1OS(=O)(=O)O. The minimum Gasteiger partial charge on any atom is -0.317 e. The van der Waals surface area contributed by atoms with Crippen molar-refractivity contribution in [3.8, 4) is 0 Å². The number of fused-ring (bicyclic) bond motifs is 2. The zero-order chi connectivity index (χ0) is 17.6. The third kappa shape index (κ3) is 3.36. The van der Waals surface area contributed by atoms with Crippen molar-refractivity contribution >= 4 is 27.8 Å². The van der Waals surface area contributed by atoms with Crippen molar-refractivity contribution in [2.45, 2.75) is 43.7 Å². The lowest BCUT2D eigenvalue weighted by Gasteiger charge is -2.28. The molecule has 0 radical (unpaired) electrons. The standard InChI is InChI=1S/C13H19N5O5S2/c19-13-17-7-9(18(13)23-25(20,21)22)1-2-10(17)12-16-15-11(24-12)8-3-5-14-6-4-8/h8-10,14H,1-7H2,(H,20,21,22). The molecule has 2 bridgehead atoms. The van der Waals surface area contributed by atoms with Crippen LogP contribution in [-0.2, 0) is 14.7 Å². The first kappa shape index (κ1) is 17.1. The molecule has 3 saturated heterocycles. The van der Waals surface area contributed by atoms with Gasteiger partial charge in [-0.15, -0.1) is 14.5 Å². The van der Waals surface area contributed by atoms with Gasteiger partial charge in [-0.2, -0.15) is 13.5 Å². The minimum absolute atomic E-state index is 0.230. The van der Waals surface area contributed by atoms with Gasteiger partial charge in [0.15, 0.2) is 0 Å². The third-order valence-electron chi connectivity index (χ3n) is 4.93. The van der Waals surface area contributed by atoms with Crippen LogP contribution in [0.2, 0.25) is 0 Å². The zero-order valence-electron chi connectivity index (χ0n) is 13.4. The molecule has 2 N–H and O–H groups in total. The molecule has 0 saturated carbocycles. The molecule has 1 aromatic heterocycles. The van der Waals surface area contributed by atoms with Crippen LogP contribution in [0.15, 0.2) is 0 Å². The Hall–Kier alpha value is -1.34. The quantitative estimate of drug-likeness (QED) is 0.720. The van der Waals surface area contributed by atoms with Crippen LogP contribution in [-0.4, -0.2) is 64.8 Å². The predicted octanol–water partition coefficient (Wildman–Crippen LogP) is 0.681. The van der Waals surface area contributed by atoms with Gasteiger partial charge in [0.1, 0.15) is 10.0 Å². The second-order valence-corrected chi connectivity index (χ2v) is 8.56. The molecule has 25 heavy (non-hydrogen) atoms. The van der Waals surface area contributed by atoms with E-state index in [2.05, 4.69) is 19.8 Å².